The lowest BCUT2D eigenvalue weighted by molar-refractivity contribution is 0.171. The molecule has 0 saturated carbocycles. The summed E-state index contributed by atoms with van der Waals surface area (Å²) in [6, 6.07) is 5.55. The zero-order chi connectivity index (χ0) is 12.4. The van der Waals surface area contributed by atoms with Crippen molar-refractivity contribution in [2.24, 2.45) is 5.73 Å². The second-order valence-electron chi connectivity index (χ2n) is 3.91. The molecule has 2 N–H and O–H groups in total. The molecular weight excluding hydrogens is 234 g/mol. The fourth-order valence-corrected chi connectivity index (χ4v) is 1.78. The smallest absolute Gasteiger partial charge is 0.258 e. The highest BCUT2D eigenvalue weighted by atomic mass is 16.6. The van der Waals surface area contributed by atoms with E-state index < -0.39 is 0 Å². The number of hydrogen-bond donors (Lipinski definition) is 1. The van der Waals surface area contributed by atoms with E-state index in [2.05, 4.69) is 10.1 Å². The largest absolute Gasteiger partial charge is 0.486 e. The first kappa shape index (κ1) is 11.0. The van der Waals surface area contributed by atoms with Gasteiger partial charge in [-0.25, -0.2) is 0 Å². The molecule has 18 heavy (non-hydrogen) atoms. The van der Waals surface area contributed by atoms with Gasteiger partial charge >= 0.3 is 0 Å². The van der Waals surface area contributed by atoms with E-state index in [1.54, 1.807) is 0 Å². The molecule has 0 radical (unpaired) electrons. The van der Waals surface area contributed by atoms with Gasteiger partial charge in [-0.15, -0.1) is 0 Å². The van der Waals surface area contributed by atoms with Gasteiger partial charge in [0.1, 0.15) is 13.2 Å². The van der Waals surface area contributed by atoms with Crippen molar-refractivity contribution < 1.29 is 14.0 Å². The van der Waals surface area contributed by atoms with E-state index in [4.69, 9.17) is 19.7 Å². The second-order valence-corrected chi connectivity index (χ2v) is 3.91. The lowest BCUT2D eigenvalue weighted by Gasteiger charge is -2.18. The lowest BCUT2D eigenvalue weighted by atomic mass is 10.2. The first-order chi connectivity index (χ1) is 8.86. The molecule has 6 heteroatoms. The Hall–Kier alpha value is -2.08. The number of nitrogens with zero attached hydrogens (tertiary/aromatic N) is 2. The Labute approximate surface area is 104 Å². The number of nitrogens with two attached hydrogens (primary N) is 1. The molecule has 0 aliphatic carbocycles. The predicted octanol–water partition coefficient (Wildman–Crippen LogP) is 1.01. The summed E-state index contributed by atoms with van der Waals surface area (Å²) in [7, 11) is 0. The molecular formula is C12H13N3O3. The molecule has 0 atom stereocenters. The zero-order valence-electron chi connectivity index (χ0n) is 9.76. The predicted molar refractivity (Wildman–Crippen MR) is 63.5 cm³/mol. The molecule has 6 nitrogen and oxygen atoms in total. The topological polar surface area (TPSA) is 83.4 Å². The Bertz CT molecular complexity index is 553. The number of hydrogen-bond acceptors (Lipinski definition) is 6. The molecule has 3 rings (SSSR count). The highest BCUT2D eigenvalue weighted by Gasteiger charge is 2.15. The molecule has 2 heterocycles. The van der Waals surface area contributed by atoms with Crippen LogP contribution in [0.15, 0.2) is 22.7 Å². The molecule has 94 valence electrons. The van der Waals surface area contributed by atoms with Gasteiger partial charge in [-0.3, -0.25) is 0 Å². The maximum Gasteiger partial charge on any atom is 0.258 e. The van der Waals surface area contributed by atoms with Crippen LogP contribution in [0.3, 0.4) is 0 Å². The summed E-state index contributed by atoms with van der Waals surface area (Å²) in [6.07, 6.45) is 0.605. The maximum absolute atomic E-state index is 5.51. The van der Waals surface area contributed by atoms with Crippen molar-refractivity contribution in [3.63, 3.8) is 0 Å². The average molecular weight is 247 g/mol. The van der Waals surface area contributed by atoms with Crippen LogP contribution in [0.4, 0.5) is 0 Å². The van der Waals surface area contributed by atoms with Gasteiger partial charge in [0.05, 0.1) is 0 Å². The van der Waals surface area contributed by atoms with Gasteiger partial charge in [-0.05, 0) is 24.7 Å². The molecule has 0 fully saturated rings. The molecule has 2 aromatic rings. The first-order valence-corrected chi connectivity index (χ1v) is 5.79. The average Bonchev–Trinajstić information content (AvgIpc) is 2.87. The Kier molecular flexibility index (Phi) is 2.85. The van der Waals surface area contributed by atoms with Crippen LogP contribution >= 0.6 is 0 Å². The van der Waals surface area contributed by atoms with Crippen LogP contribution in [0.1, 0.15) is 5.82 Å². The third-order valence-corrected chi connectivity index (χ3v) is 2.63. The molecule has 0 spiro atoms. The van der Waals surface area contributed by atoms with Crippen LogP contribution in [-0.2, 0) is 6.42 Å². The van der Waals surface area contributed by atoms with Gasteiger partial charge in [0.15, 0.2) is 17.3 Å². The summed E-state index contributed by atoms with van der Waals surface area (Å²) in [6.45, 7) is 1.63. The summed E-state index contributed by atoms with van der Waals surface area (Å²) < 4.78 is 16.1. The Balaban J connectivity index is 1.91. The van der Waals surface area contributed by atoms with E-state index in [-0.39, 0.29) is 0 Å². The van der Waals surface area contributed by atoms with Crippen molar-refractivity contribution in [2.75, 3.05) is 19.8 Å². The van der Waals surface area contributed by atoms with E-state index in [0.29, 0.717) is 43.6 Å². The number of fused-ring (bicyclic) bond motifs is 1. The van der Waals surface area contributed by atoms with Gasteiger partial charge in [-0.2, -0.15) is 4.98 Å². The highest BCUT2D eigenvalue weighted by Crippen LogP contribution is 2.33. The van der Waals surface area contributed by atoms with Crippen molar-refractivity contribution in [3.05, 3.63) is 24.0 Å². The van der Waals surface area contributed by atoms with Gasteiger partial charge in [0.2, 0.25) is 0 Å². The minimum atomic E-state index is 0.468. The minimum Gasteiger partial charge on any atom is -0.486 e. The quantitative estimate of drug-likeness (QED) is 0.871. The van der Waals surface area contributed by atoms with Gasteiger partial charge < -0.3 is 19.7 Å². The van der Waals surface area contributed by atoms with E-state index in [0.717, 1.165) is 11.3 Å². The zero-order valence-corrected chi connectivity index (χ0v) is 9.76. The van der Waals surface area contributed by atoms with Crippen LogP contribution in [0.5, 0.6) is 11.5 Å². The third-order valence-electron chi connectivity index (χ3n) is 2.63. The molecule has 0 unspecified atom stereocenters. The molecule has 0 bridgehead atoms. The summed E-state index contributed by atoms with van der Waals surface area (Å²) >= 11 is 0. The summed E-state index contributed by atoms with van der Waals surface area (Å²) in [5, 5.41) is 3.86. The van der Waals surface area contributed by atoms with Crippen molar-refractivity contribution in [1.82, 2.24) is 10.1 Å². The normalized spacial score (nSPS) is 13.6. The minimum absolute atomic E-state index is 0.468. The Morgan fingerprint density at radius 1 is 1.17 bits per heavy atom. The lowest BCUT2D eigenvalue weighted by Crippen LogP contribution is -2.15. The second kappa shape index (κ2) is 4.66. The fourth-order valence-electron chi connectivity index (χ4n) is 1.78. The molecule has 1 aliphatic rings. The van der Waals surface area contributed by atoms with Gasteiger partial charge in [-0.1, -0.05) is 5.16 Å². The van der Waals surface area contributed by atoms with Gasteiger partial charge in [0, 0.05) is 12.0 Å². The van der Waals surface area contributed by atoms with Crippen LogP contribution in [0.2, 0.25) is 0 Å². The Morgan fingerprint density at radius 3 is 2.83 bits per heavy atom. The molecule has 1 aliphatic heterocycles. The van der Waals surface area contributed by atoms with E-state index in [9.17, 15) is 0 Å². The summed E-state index contributed by atoms with van der Waals surface area (Å²) in [4.78, 5) is 4.27. The molecule has 1 aromatic heterocycles. The highest BCUT2D eigenvalue weighted by molar-refractivity contribution is 5.60. The van der Waals surface area contributed by atoms with Crippen LogP contribution in [0, 0.1) is 0 Å². The Morgan fingerprint density at radius 2 is 2.00 bits per heavy atom. The number of benzene rings is 1. The van der Waals surface area contributed by atoms with Crippen molar-refractivity contribution in [2.45, 2.75) is 6.42 Å². The molecule has 0 saturated heterocycles. The van der Waals surface area contributed by atoms with Crippen LogP contribution in [0.25, 0.3) is 11.5 Å². The van der Waals surface area contributed by atoms with Crippen molar-refractivity contribution >= 4 is 0 Å². The third kappa shape index (κ3) is 2.02. The fraction of sp³-hybridized carbons (Fsp3) is 0.333. The number of rotatable bonds is 3. The SMILES string of the molecule is NCCc1noc(-c2ccc3c(c2)OCCO3)n1. The maximum atomic E-state index is 5.51. The first-order valence-electron chi connectivity index (χ1n) is 5.79. The van der Waals surface area contributed by atoms with Crippen molar-refractivity contribution in [3.8, 4) is 23.0 Å². The number of aromatic nitrogens is 2. The van der Waals surface area contributed by atoms with E-state index in [1.165, 1.54) is 0 Å². The van der Waals surface area contributed by atoms with E-state index >= 15 is 0 Å². The molecule has 0 amide bonds. The van der Waals surface area contributed by atoms with Crippen molar-refractivity contribution in [1.29, 1.82) is 0 Å². The summed E-state index contributed by atoms with van der Waals surface area (Å²) in [5.41, 5.74) is 6.26. The molecule has 1 aromatic carbocycles. The van der Waals surface area contributed by atoms with Crippen LogP contribution in [-0.4, -0.2) is 29.9 Å². The number of ether oxygens (including phenoxy) is 2. The monoisotopic (exact) mass is 247 g/mol. The van der Waals surface area contributed by atoms with Gasteiger partial charge in [0.25, 0.3) is 5.89 Å². The van der Waals surface area contributed by atoms with E-state index in [1.807, 2.05) is 18.2 Å². The standard InChI is InChI=1S/C12H13N3O3/c13-4-3-11-14-12(18-15-11)8-1-2-9-10(7-8)17-6-5-16-9/h1-2,7H,3-6,13H2. The van der Waals surface area contributed by atoms with Crippen LogP contribution < -0.4 is 15.2 Å². The summed E-state index contributed by atoms with van der Waals surface area (Å²) in [5.74, 6) is 2.53.